The van der Waals surface area contributed by atoms with E-state index in [1.807, 2.05) is 13.0 Å². The highest BCUT2D eigenvalue weighted by Gasteiger charge is 2.10. The van der Waals surface area contributed by atoms with Crippen LogP contribution < -0.4 is 11.1 Å². The molecule has 0 fully saturated rings. The molecule has 0 saturated heterocycles. The summed E-state index contributed by atoms with van der Waals surface area (Å²) in [4.78, 5) is 19.5. The molecule has 0 spiro atoms. The molecule has 0 aliphatic rings. The summed E-state index contributed by atoms with van der Waals surface area (Å²) >= 11 is 6.02. The van der Waals surface area contributed by atoms with Crippen LogP contribution >= 0.6 is 11.6 Å². The number of nitrogen functional groups attached to an aromatic ring is 1. The Hall–Kier alpha value is -2.14. The molecule has 6 heteroatoms. The summed E-state index contributed by atoms with van der Waals surface area (Å²) in [5.74, 6) is -0.117. The van der Waals surface area contributed by atoms with Gasteiger partial charge < -0.3 is 11.1 Å². The van der Waals surface area contributed by atoms with Crippen LogP contribution in [0, 0.1) is 6.92 Å². The minimum Gasteiger partial charge on any atom is -0.382 e. The number of rotatable bonds is 2. The molecule has 1 heterocycles. The van der Waals surface area contributed by atoms with Crippen molar-refractivity contribution in [2.75, 3.05) is 11.1 Å². The fraction of sp³-hybridized carbons (Fsp3) is 0.0833. The first-order valence-corrected chi connectivity index (χ1v) is 5.59. The second-order valence-electron chi connectivity index (χ2n) is 3.76. The maximum Gasteiger partial charge on any atom is 0.275 e. The minimum absolute atomic E-state index is 0.181. The molecular formula is C12H11ClN4O. The van der Waals surface area contributed by atoms with Gasteiger partial charge in [0.05, 0.1) is 23.1 Å². The van der Waals surface area contributed by atoms with Crippen LogP contribution in [0.4, 0.5) is 11.5 Å². The molecule has 0 saturated carbocycles. The zero-order valence-corrected chi connectivity index (χ0v) is 10.4. The summed E-state index contributed by atoms with van der Waals surface area (Å²) in [6.07, 6.45) is 2.64. The number of carbonyl (C=O) groups excluding carboxylic acids is 1. The molecular weight excluding hydrogens is 252 g/mol. The highest BCUT2D eigenvalue weighted by atomic mass is 35.5. The number of anilines is 2. The van der Waals surface area contributed by atoms with E-state index in [0.717, 1.165) is 5.56 Å². The van der Waals surface area contributed by atoms with Crippen molar-refractivity contribution in [3.05, 3.63) is 46.9 Å². The number of nitrogens with one attached hydrogen (secondary N) is 1. The van der Waals surface area contributed by atoms with E-state index < -0.39 is 0 Å². The number of amides is 1. The van der Waals surface area contributed by atoms with Crippen LogP contribution in [0.2, 0.25) is 5.02 Å². The minimum atomic E-state index is -0.381. The van der Waals surface area contributed by atoms with Gasteiger partial charge in [-0.05, 0) is 24.6 Å². The largest absolute Gasteiger partial charge is 0.382 e. The van der Waals surface area contributed by atoms with E-state index in [4.69, 9.17) is 17.3 Å². The average molecular weight is 263 g/mol. The molecule has 1 amide bonds. The van der Waals surface area contributed by atoms with Crippen LogP contribution in [0.1, 0.15) is 16.1 Å². The zero-order chi connectivity index (χ0) is 13.1. The number of benzene rings is 1. The third-order valence-corrected chi connectivity index (χ3v) is 2.59. The Kier molecular flexibility index (Phi) is 3.43. The lowest BCUT2D eigenvalue weighted by Crippen LogP contribution is -2.14. The molecule has 0 radical (unpaired) electrons. The van der Waals surface area contributed by atoms with Gasteiger partial charge in [0.15, 0.2) is 0 Å². The van der Waals surface area contributed by atoms with Gasteiger partial charge in [-0.1, -0.05) is 17.7 Å². The predicted molar refractivity (Wildman–Crippen MR) is 70.6 cm³/mol. The number of hydrogen-bond donors (Lipinski definition) is 2. The number of aromatic nitrogens is 2. The Balaban J connectivity index is 2.18. The van der Waals surface area contributed by atoms with Gasteiger partial charge in [0.25, 0.3) is 5.91 Å². The van der Waals surface area contributed by atoms with E-state index >= 15 is 0 Å². The smallest absolute Gasteiger partial charge is 0.275 e. The average Bonchev–Trinajstić information content (AvgIpc) is 2.33. The van der Waals surface area contributed by atoms with Crippen molar-refractivity contribution in [3.8, 4) is 0 Å². The SMILES string of the molecule is Cc1ccc(NC(=O)c2cnc(N)cn2)c(Cl)c1. The van der Waals surface area contributed by atoms with Gasteiger partial charge in [0.1, 0.15) is 11.5 Å². The Labute approximate surface area is 109 Å². The van der Waals surface area contributed by atoms with E-state index in [9.17, 15) is 4.79 Å². The molecule has 0 aliphatic heterocycles. The van der Waals surface area contributed by atoms with Gasteiger partial charge in [-0.25, -0.2) is 9.97 Å². The highest BCUT2D eigenvalue weighted by molar-refractivity contribution is 6.34. The standard InChI is InChI=1S/C12H11ClN4O/c1-7-2-3-9(8(13)4-7)17-12(18)10-5-16-11(14)6-15-10/h2-6H,1H3,(H2,14,16)(H,17,18). The Morgan fingerprint density at radius 1 is 1.33 bits per heavy atom. The topological polar surface area (TPSA) is 80.9 Å². The molecule has 0 bridgehead atoms. The zero-order valence-electron chi connectivity index (χ0n) is 9.64. The van der Waals surface area contributed by atoms with Gasteiger partial charge in [0.2, 0.25) is 0 Å². The van der Waals surface area contributed by atoms with Gasteiger partial charge in [-0.2, -0.15) is 0 Å². The summed E-state index contributed by atoms with van der Waals surface area (Å²) in [6, 6.07) is 5.36. The van der Waals surface area contributed by atoms with Crippen LogP contribution in [-0.4, -0.2) is 15.9 Å². The molecule has 1 aromatic heterocycles. The van der Waals surface area contributed by atoms with E-state index in [-0.39, 0.29) is 17.4 Å². The van der Waals surface area contributed by atoms with Crippen LogP contribution in [0.25, 0.3) is 0 Å². The maximum absolute atomic E-state index is 11.8. The third-order valence-electron chi connectivity index (χ3n) is 2.28. The van der Waals surface area contributed by atoms with E-state index in [2.05, 4.69) is 15.3 Å². The second-order valence-corrected chi connectivity index (χ2v) is 4.17. The number of halogens is 1. The molecule has 92 valence electrons. The van der Waals surface area contributed by atoms with Gasteiger partial charge in [0, 0.05) is 0 Å². The fourth-order valence-electron chi connectivity index (χ4n) is 1.36. The molecule has 2 aromatic rings. The van der Waals surface area contributed by atoms with Crippen molar-refractivity contribution in [1.29, 1.82) is 0 Å². The summed E-state index contributed by atoms with van der Waals surface area (Å²) in [5.41, 5.74) is 7.13. The molecule has 2 rings (SSSR count). The van der Waals surface area contributed by atoms with Crippen molar-refractivity contribution in [2.24, 2.45) is 0 Å². The summed E-state index contributed by atoms with van der Waals surface area (Å²) in [6.45, 7) is 1.92. The van der Waals surface area contributed by atoms with Gasteiger partial charge in [-0.15, -0.1) is 0 Å². The lowest BCUT2D eigenvalue weighted by molar-refractivity contribution is 0.102. The molecule has 0 unspecified atom stereocenters. The van der Waals surface area contributed by atoms with E-state index in [1.165, 1.54) is 12.4 Å². The van der Waals surface area contributed by atoms with Crippen LogP contribution in [-0.2, 0) is 0 Å². The van der Waals surface area contributed by atoms with E-state index in [1.54, 1.807) is 12.1 Å². The Morgan fingerprint density at radius 2 is 2.11 bits per heavy atom. The first kappa shape index (κ1) is 12.3. The first-order chi connectivity index (χ1) is 8.56. The second kappa shape index (κ2) is 5.01. The molecule has 3 N–H and O–H groups in total. The summed E-state index contributed by atoms with van der Waals surface area (Å²) < 4.78 is 0. The molecule has 0 atom stereocenters. The third kappa shape index (κ3) is 2.75. The van der Waals surface area contributed by atoms with Crippen molar-refractivity contribution in [3.63, 3.8) is 0 Å². The van der Waals surface area contributed by atoms with Crippen molar-refractivity contribution < 1.29 is 4.79 Å². The van der Waals surface area contributed by atoms with Crippen LogP contribution in [0.5, 0.6) is 0 Å². The van der Waals surface area contributed by atoms with Gasteiger partial charge in [-0.3, -0.25) is 4.79 Å². The molecule has 18 heavy (non-hydrogen) atoms. The summed E-state index contributed by atoms with van der Waals surface area (Å²) in [5, 5.41) is 3.14. The van der Waals surface area contributed by atoms with Crippen molar-refractivity contribution in [2.45, 2.75) is 6.92 Å². The Morgan fingerprint density at radius 3 is 2.72 bits per heavy atom. The number of aryl methyl sites for hydroxylation is 1. The van der Waals surface area contributed by atoms with Crippen LogP contribution in [0.15, 0.2) is 30.6 Å². The van der Waals surface area contributed by atoms with E-state index in [0.29, 0.717) is 10.7 Å². The van der Waals surface area contributed by atoms with Gasteiger partial charge >= 0.3 is 0 Å². The number of nitrogens with two attached hydrogens (primary N) is 1. The number of carbonyl (C=O) groups is 1. The van der Waals surface area contributed by atoms with Crippen molar-refractivity contribution in [1.82, 2.24) is 9.97 Å². The number of nitrogens with zero attached hydrogens (tertiary/aromatic N) is 2. The Bertz CT molecular complexity index is 583. The fourth-order valence-corrected chi connectivity index (χ4v) is 1.65. The molecule has 5 nitrogen and oxygen atoms in total. The highest BCUT2D eigenvalue weighted by Crippen LogP contribution is 2.23. The lowest BCUT2D eigenvalue weighted by atomic mass is 10.2. The van der Waals surface area contributed by atoms with Crippen LogP contribution in [0.3, 0.4) is 0 Å². The predicted octanol–water partition coefficient (Wildman–Crippen LogP) is 2.27. The number of hydrogen-bond acceptors (Lipinski definition) is 4. The summed E-state index contributed by atoms with van der Waals surface area (Å²) in [7, 11) is 0. The normalized spacial score (nSPS) is 10.1. The maximum atomic E-state index is 11.8. The monoisotopic (exact) mass is 262 g/mol. The lowest BCUT2D eigenvalue weighted by Gasteiger charge is -2.07. The van der Waals surface area contributed by atoms with Crippen molar-refractivity contribution >= 4 is 29.0 Å². The quantitative estimate of drug-likeness (QED) is 0.870. The molecule has 1 aromatic carbocycles. The molecule has 0 aliphatic carbocycles. The first-order valence-electron chi connectivity index (χ1n) is 5.21.